The molecule has 8 nitrogen and oxygen atoms in total. The Hall–Kier alpha value is -3.94. The van der Waals surface area contributed by atoms with E-state index < -0.39 is 0 Å². The van der Waals surface area contributed by atoms with Gasteiger partial charge in [-0.1, -0.05) is 18.2 Å². The topological polar surface area (TPSA) is 118 Å². The molecule has 26 heavy (non-hydrogen) atoms. The van der Waals surface area contributed by atoms with E-state index in [9.17, 15) is 4.79 Å². The number of nitrogens with two attached hydrogens (primary N) is 1. The quantitative estimate of drug-likeness (QED) is 0.435. The van der Waals surface area contributed by atoms with Gasteiger partial charge >= 0.3 is 0 Å². The van der Waals surface area contributed by atoms with Crippen LogP contribution in [0.25, 0.3) is 27.6 Å². The van der Waals surface area contributed by atoms with Gasteiger partial charge in [0.25, 0.3) is 0 Å². The molecule has 4 N–H and O–H groups in total. The lowest BCUT2D eigenvalue weighted by atomic mass is 10.1. The van der Waals surface area contributed by atoms with Gasteiger partial charge in [0.1, 0.15) is 16.9 Å². The van der Waals surface area contributed by atoms with E-state index in [0.29, 0.717) is 22.5 Å². The smallest absolute Gasteiger partial charge is 0.214 e. The number of nitrogens with zero attached hydrogens (tertiary/aromatic N) is 4. The van der Waals surface area contributed by atoms with Gasteiger partial charge in [-0.15, -0.1) is 0 Å². The lowest BCUT2D eigenvalue weighted by Gasteiger charge is -2.04. The molecule has 0 amide bonds. The number of carbonyl (C=O) groups is 1. The second kappa shape index (κ2) is 5.28. The number of fused-ring (bicyclic) bond motifs is 2. The van der Waals surface area contributed by atoms with Gasteiger partial charge in [0.05, 0.1) is 23.1 Å². The number of carbonyl (C=O) groups excluding carboxylic acids is 1. The minimum Gasteiger partial charge on any atom is -0.383 e. The Bertz CT molecular complexity index is 1240. The number of benzene rings is 2. The molecule has 3 aromatic heterocycles. The minimum atomic E-state index is -0.201. The van der Waals surface area contributed by atoms with Crippen LogP contribution in [0.3, 0.4) is 0 Å². The van der Waals surface area contributed by atoms with Crippen molar-refractivity contribution in [2.75, 3.05) is 5.73 Å². The molecular formula is C18H13N7O. The molecule has 5 rings (SSSR count). The zero-order valence-corrected chi connectivity index (χ0v) is 13.5. The fourth-order valence-electron chi connectivity index (χ4n) is 3.04. The summed E-state index contributed by atoms with van der Waals surface area (Å²) in [4.78, 5) is 16.0. The third kappa shape index (κ3) is 2.09. The molecule has 0 bridgehead atoms. The van der Waals surface area contributed by atoms with Crippen molar-refractivity contribution in [3.8, 4) is 5.69 Å². The SMILES string of the molecule is Nc1c(C(=O)c2cc3ccccc3[nH]2)cnn1-c1ccc2n[nH]nc2c1. The van der Waals surface area contributed by atoms with Crippen molar-refractivity contribution >= 4 is 33.5 Å². The van der Waals surface area contributed by atoms with Gasteiger partial charge in [0, 0.05) is 10.9 Å². The Morgan fingerprint density at radius 1 is 1.04 bits per heavy atom. The van der Waals surface area contributed by atoms with Crippen molar-refractivity contribution in [3.63, 3.8) is 0 Å². The first-order chi connectivity index (χ1) is 12.7. The molecule has 0 aliphatic rings. The molecule has 0 atom stereocenters. The first-order valence-corrected chi connectivity index (χ1v) is 7.97. The van der Waals surface area contributed by atoms with E-state index in [1.165, 1.54) is 10.9 Å². The van der Waals surface area contributed by atoms with E-state index in [0.717, 1.165) is 16.4 Å². The van der Waals surface area contributed by atoms with Crippen LogP contribution < -0.4 is 5.73 Å². The summed E-state index contributed by atoms with van der Waals surface area (Å²) in [6.45, 7) is 0. The van der Waals surface area contributed by atoms with Gasteiger partial charge in [0.2, 0.25) is 5.78 Å². The summed E-state index contributed by atoms with van der Waals surface area (Å²) in [5.41, 5.74) is 10.1. The van der Waals surface area contributed by atoms with E-state index in [2.05, 4.69) is 25.5 Å². The first kappa shape index (κ1) is 14.4. The fourth-order valence-corrected chi connectivity index (χ4v) is 3.04. The molecule has 0 spiro atoms. The van der Waals surface area contributed by atoms with Crippen molar-refractivity contribution in [2.24, 2.45) is 0 Å². The third-order valence-electron chi connectivity index (χ3n) is 4.37. The lowest BCUT2D eigenvalue weighted by Crippen LogP contribution is -2.07. The van der Waals surface area contributed by atoms with Crippen LogP contribution in [0.2, 0.25) is 0 Å². The zero-order valence-electron chi connectivity index (χ0n) is 13.5. The van der Waals surface area contributed by atoms with E-state index in [1.54, 1.807) is 6.07 Å². The average Bonchev–Trinajstić information content (AvgIpc) is 3.38. The zero-order chi connectivity index (χ0) is 17.7. The predicted octanol–water partition coefficient (Wildman–Crippen LogP) is 2.44. The maximum Gasteiger partial charge on any atom is 0.214 e. The van der Waals surface area contributed by atoms with Crippen LogP contribution in [-0.4, -0.2) is 36.0 Å². The molecule has 3 heterocycles. The van der Waals surface area contributed by atoms with Gasteiger partial charge in [-0.2, -0.15) is 20.5 Å². The van der Waals surface area contributed by atoms with Crippen LogP contribution in [0.5, 0.6) is 0 Å². The second-order valence-electron chi connectivity index (χ2n) is 5.95. The van der Waals surface area contributed by atoms with Gasteiger partial charge in [0.15, 0.2) is 0 Å². The molecule has 126 valence electrons. The number of ketones is 1. The predicted molar refractivity (Wildman–Crippen MR) is 97.2 cm³/mol. The number of rotatable bonds is 3. The van der Waals surface area contributed by atoms with Crippen molar-refractivity contribution in [1.82, 2.24) is 30.2 Å². The van der Waals surface area contributed by atoms with Gasteiger partial charge in [-0.05, 0) is 30.3 Å². The molecule has 0 radical (unpaired) electrons. The highest BCUT2D eigenvalue weighted by Crippen LogP contribution is 2.23. The van der Waals surface area contributed by atoms with Crippen LogP contribution in [0.4, 0.5) is 5.82 Å². The van der Waals surface area contributed by atoms with E-state index in [4.69, 9.17) is 5.73 Å². The number of aromatic nitrogens is 6. The molecule has 0 saturated carbocycles. The van der Waals surface area contributed by atoms with Gasteiger partial charge < -0.3 is 10.7 Å². The standard InChI is InChI=1S/C18H13N7O/c19-18-12(17(26)16-7-10-3-1-2-4-13(10)21-16)9-20-25(18)11-5-6-14-15(8-11)23-24-22-14/h1-9,21H,19H2,(H,22,23,24). The van der Waals surface area contributed by atoms with Crippen molar-refractivity contribution in [1.29, 1.82) is 0 Å². The third-order valence-corrected chi connectivity index (χ3v) is 4.37. The summed E-state index contributed by atoms with van der Waals surface area (Å²) < 4.78 is 1.52. The van der Waals surface area contributed by atoms with Gasteiger partial charge in [-0.3, -0.25) is 4.79 Å². The van der Waals surface area contributed by atoms with E-state index in [-0.39, 0.29) is 11.6 Å². The number of hydrogen-bond acceptors (Lipinski definition) is 5. The summed E-state index contributed by atoms with van der Waals surface area (Å²) in [5.74, 6) is 0.0731. The fraction of sp³-hybridized carbons (Fsp3) is 0. The molecule has 8 heteroatoms. The molecule has 0 unspecified atom stereocenters. The Labute approximate surface area is 146 Å². The summed E-state index contributed by atoms with van der Waals surface area (Å²) in [7, 11) is 0. The molecular weight excluding hydrogens is 330 g/mol. The maximum absolute atomic E-state index is 12.9. The number of H-pyrrole nitrogens is 2. The maximum atomic E-state index is 12.9. The Kier molecular flexibility index (Phi) is 2.93. The number of nitrogen functional groups attached to an aromatic ring is 1. The highest BCUT2D eigenvalue weighted by atomic mass is 16.1. The first-order valence-electron chi connectivity index (χ1n) is 7.97. The van der Waals surface area contributed by atoms with Crippen LogP contribution in [-0.2, 0) is 0 Å². The second-order valence-corrected chi connectivity index (χ2v) is 5.95. The molecule has 0 fully saturated rings. The molecule has 0 saturated heterocycles. The molecule has 2 aromatic carbocycles. The molecule has 0 aliphatic carbocycles. The summed E-state index contributed by atoms with van der Waals surface area (Å²) in [6.07, 6.45) is 1.48. The number of anilines is 1. The number of nitrogens with one attached hydrogen (secondary N) is 2. The summed E-state index contributed by atoms with van der Waals surface area (Å²) >= 11 is 0. The summed E-state index contributed by atoms with van der Waals surface area (Å²) in [5, 5.41) is 15.9. The van der Waals surface area contributed by atoms with Crippen molar-refractivity contribution < 1.29 is 4.79 Å². The lowest BCUT2D eigenvalue weighted by molar-refractivity contribution is 0.103. The van der Waals surface area contributed by atoms with E-state index in [1.807, 2.05) is 42.5 Å². The van der Waals surface area contributed by atoms with Crippen molar-refractivity contribution in [2.45, 2.75) is 0 Å². The van der Waals surface area contributed by atoms with Gasteiger partial charge in [-0.25, -0.2) is 4.68 Å². The Morgan fingerprint density at radius 3 is 2.77 bits per heavy atom. The minimum absolute atomic E-state index is 0.201. The summed E-state index contributed by atoms with van der Waals surface area (Å²) in [6, 6.07) is 15.0. The largest absolute Gasteiger partial charge is 0.383 e. The highest BCUT2D eigenvalue weighted by Gasteiger charge is 2.19. The van der Waals surface area contributed by atoms with Crippen LogP contribution >= 0.6 is 0 Å². The Morgan fingerprint density at radius 2 is 1.88 bits per heavy atom. The average molecular weight is 343 g/mol. The number of para-hydroxylation sites is 1. The van der Waals surface area contributed by atoms with Crippen LogP contribution in [0, 0.1) is 0 Å². The number of aromatic amines is 2. The van der Waals surface area contributed by atoms with E-state index >= 15 is 0 Å². The molecule has 0 aliphatic heterocycles. The Balaban J connectivity index is 1.57. The van der Waals surface area contributed by atoms with Crippen LogP contribution in [0.15, 0.2) is 54.7 Å². The number of hydrogen-bond donors (Lipinski definition) is 3. The van der Waals surface area contributed by atoms with Crippen LogP contribution in [0.1, 0.15) is 16.1 Å². The normalized spacial score (nSPS) is 11.4. The monoisotopic (exact) mass is 343 g/mol. The van der Waals surface area contributed by atoms with Crippen molar-refractivity contribution in [3.05, 3.63) is 66.0 Å². The highest BCUT2D eigenvalue weighted by molar-refractivity contribution is 6.12. The molecule has 5 aromatic rings.